The molecule has 122 valence electrons. The zero-order valence-corrected chi connectivity index (χ0v) is 13.8. The fourth-order valence-electron chi connectivity index (χ4n) is 2.08. The fraction of sp³-hybridized carbons (Fsp3) is 0.529. The van der Waals surface area contributed by atoms with E-state index < -0.39 is 11.5 Å². The molecule has 0 aliphatic rings. The van der Waals surface area contributed by atoms with Crippen molar-refractivity contribution in [2.24, 2.45) is 0 Å². The van der Waals surface area contributed by atoms with Gasteiger partial charge in [-0.3, -0.25) is 9.59 Å². The molecule has 22 heavy (non-hydrogen) atoms. The lowest BCUT2D eigenvalue weighted by Crippen LogP contribution is -2.24. The number of methoxy groups -OCH3 is 2. The lowest BCUT2D eigenvalue weighted by molar-refractivity contribution is -0.155. The van der Waals surface area contributed by atoms with Crippen molar-refractivity contribution in [2.45, 2.75) is 45.1 Å². The van der Waals surface area contributed by atoms with Crippen molar-refractivity contribution in [3.05, 3.63) is 29.8 Å². The van der Waals surface area contributed by atoms with E-state index in [4.69, 9.17) is 14.2 Å². The predicted molar refractivity (Wildman–Crippen MR) is 82.8 cm³/mol. The van der Waals surface area contributed by atoms with Crippen LogP contribution in [0.3, 0.4) is 0 Å². The number of ether oxygens (including phenoxy) is 3. The first-order valence-electron chi connectivity index (χ1n) is 7.20. The highest BCUT2D eigenvalue weighted by molar-refractivity contribution is 5.79. The summed E-state index contributed by atoms with van der Waals surface area (Å²) in [5.74, 6) is -0.572. The van der Waals surface area contributed by atoms with Crippen molar-refractivity contribution in [1.82, 2.24) is 0 Å². The zero-order chi connectivity index (χ0) is 16.8. The number of esters is 2. The molecule has 0 fully saturated rings. The van der Waals surface area contributed by atoms with E-state index in [0.29, 0.717) is 12.2 Å². The molecule has 5 heteroatoms. The van der Waals surface area contributed by atoms with Crippen molar-refractivity contribution in [1.29, 1.82) is 0 Å². The van der Waals surface area contributed by atoms with Gasteiger partial charge in [0.2, 0.25) is 0 Å². The Balaban J connectivity index is 2.81. The minimum atomic E-state index is -0.534. The molecule has 5 nitrogen and oxygen atoms in total. The highest BCUT2D eigenvalue weighted by Crippen LogP contribution is 2.26. The Labute approximate surface area is 131 Å². The van der Waals surface area contributed by atoms with Crippen molar-refractivity contribution in [3.63, 3.8) is 0 Å². The van der Waals surface area contributed by atoms with E-state index in [-0.39, 0.29) is 18.4 Å². The highest BCUT2D eigenvalue weighted by atomic mass is 16.6. The Morgan fingerprint density at radius 1 is 1.18 bits per heavy atom. The quantitative estimate of drug-likeness (QED) is 0.756. The number of carbonyl (C=O) groups is 2. The Morgan fingerprint density at radius 2 is 1.86 bits per heavy atom. The molecule has 1 aromatic rings. The smallest absolute Gasteiger partial charge is 0.313 e. The maximum atomic E-state index is 12.0. The van der Waals surface area contributed by atoms with Crippen LogP contribution in [-0.2, 0) is 19.1 Å². The van der Waals surface area contributed by atoms with Gasteiger partial charge in [-0.25, -0.2) is 0 Å². The maximum absolute atomic E-state index is 12.0. The molecule has 1 rings (SSSR count). The molecule has 0 aromatic heterocycles. The van der Waals surface area contributed by atoms with Gasteiger partial charge >= 0.3 is 11.9 Å². The average Bonchev–Trinajstić information content (AvgIpc) is 2.45. The monoisotopic (exact) mass is 308 g/mol. The molecule has 0 saturated carbocycles. The molecule has 0 bridgehead atoms. The summed E-state index contributed by atoms with van der Waals surface area (Å²) in [6.07, 6.45) is 0.475. The third-order valence-corrected chi connectivity index (χ3v) is 3.04. The first kappa shape index (κ1) is 18.0. The minimum absolute atomic E-state index is 0.147. The molecule has 0 aliphatic heterocycles. The normalized spacial score (nSPS) is 12.4. The molecule has 0 heterocycles. The Kier molecular flexibility index (Phi) is 6.40. The van der Waals surface area contributed by atoms with Crippen LogP contribution in [0, 0.1) is 0 Å². The molecule has 0 spiro atoms. The lowest BCUT2D eigenvalue weighted by Gasteiger charge is -2.20. The van der Waals surface area contributed by atoms with Crippen LogP contribution in [0.2, 0.25) is 0 Å². The van der Waals surface area contributed by atoms with Gasteiger partial charge in [-0.1, -0.05) is 12.1 Å². The van der Waals surface area contributed by atoms with Gasteiger partial charge < -0.3 is 14.2 Å². The Morgan fingerprint density at radius 3 is 2.41 bits per heavy atom. The summed E-state index contributed by atoms with van der Waals surface area (Å²) in [5, 5.41) is 0. The molecule has 0 radical (unpaired) electrons. The van der Waals surface area contributed by atoms with E-state index in [1.807, 2.05) is 26.8 Å². The van der Waals surface area contributed by atoms with Crippen LogP contribution < -0.4 is 4.74 Å². The van der Waals surface area contributed by atoms with Crippen LogP contribution in [0.25, 0.3) is 0 Å². The molecule has 0 amide bonds. The van der Waals surface area contributed by atoms with Crippen LogP contribution in [0.15, 0.2) is 24.3 Å². The molecule has 1 unspecified atom stereocenters. The first-order valence-corrected chi connectivity index (χ1v) is 7.20. The lowest BCUT2D eigenvalue weighted by atomic mass is 9.94. The number of hydrogen-bond donors (Lipinski definition) is 0. The van der Waals surface area contributed by atoms with Crippen LogP contribution >= 0.6 is 0 Å². The summed E-state index contributed by atoms with van der Waals surface area (Å²) < 4.78 is 15.3. The van der Waals surface area contributed by atoms with Crippen molar-refractivity contribution < 1.29 is 23.8 Å². The molecule has 0 N–H and O–H groups in total. The van der Waals surface area contributed by atoms with E-state index in [0.717, 1.165) is 5.56 Å². The van der Waals surface area contributed by atoms with Crippen LogP contribution in [0.4, 0.5) is 0 Å². The van der Waals surface area contributed by atoms with Crippen LogP contribution in [-0.4, -0.2) is 31.8 Å². The van der Waals surface area contributed by atoms with Crippen molar-refractivity contribution in [3.8, 4) is 5.75 Å². The fourth-order valence-corrected chi connectivity index (χ4v) is 2.08. The van der Waals surface area contributed by atoms with Gasteiger partial charge in [-0.2, -0.15) is 0 Å². The molecule has 0 saturated heterocycles. The summed E-state index contributed by atoms with van der Waals surface area (Å²) in [7, 11) is 2.90. The van der Waals surface area contributed by atoms with Gasteiger partial charge in [0.1, 0.15) is 11.4 Å². The first-order chi connectivity index (χ1) is 10.3. The van der Waals surface area contributed by atoms with E-state index in [9.17, 15) is 9.59 Å². The van der Waals surface area contributed by atoms with Crippen LogP contribution in [0.1, 0.15) is 45.1 Å². The number of rotatable bonds is 6. The average molecular weight is 308 g/mol. The Hall–Kier alpha value is -2.04. The predicted octanol–water partition coefficient (Wildman–Crippen LogP) is 3.07. The largest absolute Gasteiger partial charge is 0.497 e. The SMILES string of the molecule is COC(=O)C(CCC(=O)OC(C)(C)C)c1cccc(OC)c1. The molecular formula is C17H24O5. The minimum Gasteiger partial charge on any atom is -0.497 e. The zero-order valence-electron chi connectivity index (χ0n) is 13.8. The molecule has 1 atom stereocenters. The number of benzene rings is 1. The summed E-state index contributed by atoms with van der Waals surface area (Å²) in [6, 6.07) is 7.19. The van der Waals surface area contributed by atoms with E-state index in [2.05, 4.69) is 0 Å². The van der Waals surface area contributed by atoms with Crippen molar-refractivity contribution >= 4 is 11.9 Å². The summed E-state index contributed by atoms with van der Waals surface area (Å²) in [6.45, 7) is 5.43. The second-order valence-electron chi connectivity index (χ2n) is 5.98. The van der Waals surface area contributed by atoms with E-state index in [1.54, 1.807) is 25.3 Å². The maximum Gasteiger partial charge on any atom is 0.313 e. The van der Waals surface area contributed by atoms with Gasteiger partial charge in [0, 0.05) is 6.42 Å². The van der Waals surface area contributed by atoms with Crippen LogP contribution in [0.5, 0.6) is 5.75 Å². The Bertz CT molecular complexity index is 516. The standard InChI is InChI=1S/C17H24O5/c1-17(2,3)22-15(18)10-9-14(16(19)21-5)12-7-6-8-13(11-12)20-4/h6-8,11,14H,9-10H2,1-5H3. The second-order valence-corrected chi connectivity index (χ2v) is 5.98. The third-order valence-electron chi connectivity index (χ3n) is 3.04. The molecule has 0 aliphatic carbocycles. The summed E-state index contributed by atoms with van der Waals surface area (Å²) in [4.78, 5) is 23.8. The summed E-state index contributed by atoms with van der Waals surface area (Å²) in [5.41, 5.74) is 0.225. The van der Waals surface area contributed by atoms with Gasteiger partial charge in [-0.15, -0.1) is 0 Å². The van der Waals surface area contributed by atoms with E-state index >= 15 is 0 Å². The second kappa shape index (κ2) is 7.82. The van der Waals surface area contributed by atoms with Gasteiger partial charge in [-0.05, 0) is 44.9 Å². The molecular weight excluding hydrogens is 284 g/mol. The molecule has 1 aromatic carbocycles. The number of carbonyl (C=O) groups excluding carboxylic acids is 2. The highest BCUT2D eigenvalue weighted by Gasteiger charge is 2.24. The third kappa shape index (κ3) is 5.76. The topological polar surface area (TPSA) is 61.8 Å². The van der Waals surface area contributed by atoms with Gasteiger partial charge in [0.15, 0.2) is 0 Å². The van der Waals surface area contributed by atoms with Gasteiger partial charge in [0.05, 0.1) is 20.1 Å². The summed E-state index contributed by atoms with van der Waals surface area (Å²) >= 11 is 0. The number of hydrogen-bond acceptors (Lipinski definition) is 5. The van der Waals surface area contributed by atoms with Crippen molar-refractivity contribution in [2.75, 3.05) is 14.2 Å². The van der Waals surface area contributed by atoms with E-state index in [1.165, 1.54) is 7.11 Å². The van der Waals surface area contributed by atoms with Gasteiger partial charge in [0.25, 0.3) is 0 Å².